The lowest BCUT2D eigenvalue weighted by molar-refractivity contribution is 0.481. The summed E-state index contributed by atoms with van der Waals surface area (Å²) in [4.78, 5) is 1.20. The van der Waals surface area contributed by atoms with Gasteiger partial charge in [-0.25, -0.2) is 0 Å². The Hall–Kier alpha value is -0.970. The number of hydrogen-bond donors (Lipinski definition) is 1. The summed E-state index contributed by atoms with van der Waals surface area (Å²) in [5, 5.41) is 14.1. The maximum absolute atomic E-state index is 9.87. The maximum atomic E-state index is 9.87. The Bertz CT molecular complexity index is 721. The van der Waals surface area contributed by atoms with E-state index >= 15 is 0 Å². The number of thiophene rings is 1. The Morgan fingerprint density at radius 2 is 1.89 bits per heavy atom. The number of aromatic hydroxyl groups is 1. The highest BCUT2D eigenvalue weighted by Crippen LogP contribution is 2.35. The van der Waals surface area contributed by atoms with Crippen LogP contribution >= 0.6 is 39.0 Å². The summed E-state index contributed by atoms with van der Waals surface area (Å²) in [7, 11) is 0. The molecule has 0 fully saturated rings. The zero-order valence-corrected chi connectivity index (χ0v) is 13.2. The molecule has 2 aromatic carbocycles. The standard InChI is InChI=1S/C15H11BrOS2/c16-15-7-10(9-19-15)8-18-14-6-5-13(17)11-3-1-2-4-12(11)14/h1-7,9,17H,8H2. The van der Waals surface area contributed by atoms with Crippen molar-refractivity contribution in [3.05, 3.63) is 57.2 Å². The second-order valence-corrected chi connectivity index (χ2v) is 7.48. The Morgan fingerprint density at radius 1 is 1.11 bits per heavy atom. The highest BCUT2D eigenvalue weighted by molar-refractivity contribution is 9.11. The second-order valence-electron chi connectivity index (χ2n) is 4.18. The zero-order chi connectivity index (χ0) is 13.2. The van der Waals surface area contributed by atoms with E-state index in [0.29, 0.717) is 5.75 Å². The van der Waals surface area contributed by atoms with Crippen molar-refractivity contribution in [2.45, 2.75) is 10.6 Å². The van der Waals surface area contributed by atoms with E-state index in [1.807, 2.05) is 24.3 Å². The fourth-order valence-corrected chi connectivity index (χ4v) is 4.27. The molecule has 0 unspecified atom stereocenters. The molecule has 0 aliphatic carbocycles. The van der Waals surface area contributed by atoms with E-state index in [0.717, 1.165) is 16.5 Å². The van der Waals surface area contributed by atoms with Gasteiger partial charge in [0, 0.05) is 16.0 Å². The van der Waals surface area contributed by atoms with Crippen molar-refractivity contribution in [1.29, 1.82) is 0 Å². The normalized spacial score (nSPS) is 11.0. The highest BCUT2D eigenvalue weighted by Gasteiger charge is 2.06. The monoisotopic (exact) mass is 350 g/mol. The van der Waals surface area contributed by atoms with Gasteiger partial charge in [-0.05, 0) is 50.5 Å². The third-order valence-corrected chi connectivity index (χ3v) is 5.58. The van der Waals surface area contributed by atoms with Crippen LogP contribution in [0.25, 0.3) is 10.8 Å². The van der Waals surface area contributed by atoms with Crippen LogP contribution < -0.4 is 0 Å². The smallest absolute Gasteiger partial charge is 0.123 e. The second kappa shape index (κ2) is 5.57. The fraction of sp³-hybridized carbons (Fsp3) is 0.0667. The summed E-state index contributed by atoms with van der Waals surface area (Å²) in [5.41, 5.74) is 1.32. The molecule has 1 heterocycles. The van der Waals surface area contributed by atoms with Crippen LogP contribution in [0.1, 0.15) is 5.56 Å². The van der Waals surface area contributed by atoms with Gasteiger partial charge >= 0.3 is 0 Å². The third kappa shape index (κ3) is 2.81. The van der Waals surface area contributed by atoms with Crippen LogP contribution in [0.15, 0.2) is 56.5 Å². The quantitative estimate of drug-likeness (QED) is 0.614. The van der Waals surface area contributed by atoms with E-state index in [1.165, 1.54) is 14.2 Å². The Balaban J connectivity index is 1.91. The molecule has 0 aliphatic rings. The fourth-order valence-electron chi connectivity index (χ4n) is 1.96. The van der Waals surface area contributed by atoms with Gasteiger partial charge < -0.3 is 5.11 Å². The van der Waals surface area contributed by atoms with E-state index in [1.54, 1.807) is 29.2 Å². The molecule has 1 N–H and O–H groups in total. The Labute approximate surface area is 128 Å². The first kappa shape index (κ1) is 13.0. The Kier molecular flexibility index (Phi) is 3.82. The Morgan fingerprint density at radius 3 is 2.63 bits per heavy atom. The third-order valence-electron chi connectivity index (χ3n) is 2.88. The minimum Gasteiger partial charge on any atom is -0.507 e. The first-order valence-corrected chi connectivity index (χ1v) is 8.46. The lowest BCUT2D eigenvalue weighted by Crippen LogP contribution is -1.80. The average Bonchev–Trinajstić information content (AvgIpc) is 2.84. The molecule has 1 aromatic heterocycles. The number of phenolic OH excluding ortho intramolecular Hbond substituents is 1. The largest absolute Gasteiger partial charge is 0.507 e. The number of phenols is 1. The van der Waals surface area contributed by atoms with Crippen molar-refractivity contribution < 1.29 is 5.11 Å². The molecule has 96 valence electrons. The van der Waals surface area contributed by atoms with Gasteiger partial charge in [-0.2, -0.15) is 0 Å². The molecule has 0 saturated carbocycles. The van der Waals surface area contributed by atoms with Crippen LogP contribution in [0.3, 0.4) is 0 Å². The molecular weight excluding hydrogens is 340 g/mol. The van der Waals surface area contributed by atoms with Gasteiger partial charge in [-0.3, -0.25) is 0 Å². The van der Waals surface area contributed by atoms with Crippen LogP contribution in [0, 0.1) is 0 Å². The number of rotatable bonds is 3. The van der Waals surface area contributed by atoms with E-state index in [-0.39, 0.29) is 0 Å². The molecule has 1 nitrogen and oxygen atoms in total. The first-order chi connectivity index (χ1) is 9.24. The molecular formula is C15H11BrOS2. The van der Waals surface area contributed by atoms with Gasteiger partial charge in [-0.15, -0.1) is 23.1 Å². The number of thioether (sulfide) groups is 1. The molecule has 19 heavy (non-hydrogen) atoms. The van der Waals surface area contributed by atoms with E-state index in [2.05, 4.69) is 33.4 Å². The maximum Gasteiger partial charge on any atom is 0.123 e. The van der Waals surface area contributed by atoms with Crippen LogP contribution in [0.5, 0.6) is 5.75 Å². The average molecular weight is 351 g/mol. The van der Waals surface area contributed by atoms with Crippen molar-refractivity contribution in [3.63, 3.8) is 0 Å². The summed E-state index contributed by atoms with van der Waals surface area (Å²) >= 11 is 6.99. The van der Waals surface area contributed by atoms with Crippen LogP contribution in [0.2, 0.25) is 0 Å². The van der Waals surface area contributed by atoms with Gasteiger partial charge in [0.2, 0.25) is 0 Å². The summed E-state index contributed by atoms with van der Waals surface area (Å²) in [6.45, 7) is 0. The van der Waals surface area contributed by atoms with Gasteiger partial charge in [0.25, 0.3) is 0 Å². The van der Waals surface area contributed by atoms with Crippen molar-refractivity contribution in [1.82, 2.24) is 0 Å². The number of halogens is 1. The van der Waals surface area contributed by atoms with Crippen LogP contribution in [0.4, 0.5) is 0 Å². The minimum atomic E-state index is 0.346. The number of benzene rings is 2. The van der Waals surface area contributed by atoms with E-state index in [9.17, 15) is 5.11 Å². The molecule has 4 heteroatoms. The highest BCUT2D eigenvalue weighted by atomic mass is 79.9. The van der Waals surface area contributed by atoms with Gasteiger partial charge in [0.15, 0.2) is 0 Å². The van der Waals surface area contributed by atoms with Crippen LogP contribution in [-0.2, 0) is 5.75 Å². The van der Waals surface area contributed by atoms with E-state index < -0.39 is 0 Å². The summed E-state index contributed by atoms with van der Waals surface area (Å²) in [5.74, 6) is 1.29. The predicted octanol–water partition coefficient (Wildman–Crippen LogP) is 5.66. The number of hydrogen-bond acceptors (Lipinski definition) is 3. The molecule has 0 radical (unpaired) electrons. The molecule has 0 amide bonds. The number of fused-ring (bicyclic) bond motifs is 1. The molecule has 0 bridgehead atoms. The topological polar surface area (TPSA) is 20.2 Å². The molecule has 0 saturated heterocycles. The van der Waals surface area contributed by atoms with Gasteiger partial charge in [0.05, 0.1) is 3.79 Å². The molecule has 0 atom stereocenters. The predicted molar refractivity (Wildman–Crippen MR) is 87.2 cm³/mol. The van der Waals surface area contributed by atoms with Crippen molar-refractivity contribution in [2.75, 3.05) is 0 Å². The molecule has 3 rings (SSSR count). The lowest BCUT2D eigenvalue weighted by atomic mass is 10.1. The molecule has 3 aromatic rings. The molecule has 0 aliphatic heterocycles. The van der Waals surface area contributed by atoms with Crippen molar-refractivity contribution in [3.8, 4) is 5.75 Å². The summed E-state index contributed by atoms with van der Waals surface area (Å²) in [6.07, 6.45) is 0. The minimum absolute atomic E-state index is 0.346. The summed E-state index contributed by atoms with van der Waals surface area (Å²) < 4.78 is 1.17. The molecule has 0 spiro atoms. The SMILES string of the molecule is Oc1ccc(SCc2csc(Br)c2)c2ccccc12. The van der Waals surface area contributed by atoms with Gasteiger partial charge in [-0.1, -0.05) is 24.3 Å². The van der Waals surface area contributed by atoms with Crippen LogP contribution in [-0.4, -0.2) is 5.11 Å². The van der Waals surface area contributed by atoms with Crippen molar-refractivity contribution in [2.24, 2.45) is 0 Å². The summed E-state index contributed by atoms with van der Waals surface area (Å²) in [6, 6.07) is 13.9. The first-order valence-electron chi connectivity index (χ1n) is 5.80. The van der Waals surface area contributed by atoms with Gasteiger partial charge in [0.1, 0.15) is 5.75 Å². The lowest BCUT2D eigenvalue weighted by Gasteiger charge is -2.07. The zero-order valence-electron chi connectivity index (χ0n) is 9.97. The van der Waals surface area contributed by atoms with Crippen molar-refractivity contribution >= 4 is 49.8 Å². The van der Waals surface area contributed by atoms with E-state index in [4.69, 9.17) is 0 Å².